The van der Waals surface area contributed by atoms with E-state index in [1.54, 1.807) is 0 Å². The standard InChI is InChI=1S/C21H25NO2/c1-13-11-18-16(15-4-3-14(23)12-17(13)15)5-7-20(2)19(18)6-8-21(20,24)9-10-22/h5,7,12-13,18-19,24H,3-4,6,8-9,11H2,1-2H3/t13?,18-,19+,20+,21-/m1/s1. The fourth-order valence-electron chi connectivity index (χ4n) is 5.82. The molecule has 24 heavy (non-hydrogen) atoms. The Morgan fingerprint density at radius 3 is 2.96 bits per heavy atom. The number of hydrogen-bond donors (Lipinski definition) is 1. The summed E-state index contributed by atoms with van der Waals surface area (Å²) in [6.07, 6.45) is 10.7. The minimum absolute atomic E-state index is 0.207. The van der Waals surface area contributed by atoms with Gasteiger partial charge in [-0.25, -0.2) is 0 Å². The molecule has 0 aromatic carbocycles. The first-order valence-corrected chi connectivity index (χ1v) is 9.16. The highest BCUT2D eigenvalue weighted by Gasteiger charge is 2.59. The van der Waals surface area contributed by atoms with E-state index >= 15 is 0 Å². The first kappa shape index (κ1) is 15.8. The molecule has 0 aromatic rings. The zero-order valence-electron chi connectivity index (χ0n) is 14.5. The summed E-state index contributed by atoms with van der Waals surface area (Å²) < 4.78 is 0. The Balaban J connectivity index is 1.82. The van der Waals surface area contributed by atoms with Gasteiger partial charge < -0.3 is 5.11 Å². The van der Waals surface area contributed by atoms with Gasteiger partial charge in [0.05, 0.1) is 18.1 Å². The van der Waals surface area contributed by atoms with Crippen molar-refractivity contribution < 1.29 is 9.90 Å². The number of carbonyl (C=O) groups is 1. The number of ketones is 1. The quantitative estimate of drug-likeness (QED) is 0.797. The van der Waals surface area contributed by atoms with Crippen LogP contribution >= 0.6 is 0 Å². The normalized spacial score (nSPS) is 43.7. The summed E-state index contributed by atoms with van der Waals surface area (Å²) >= 11 is 0. The zero-order valence-corrected chi connectivity index (χ0v) is 14.5. The molecule has 0 amide bonds. The lowest BCUT2D eigenvalue weighted by Gasteiger charge is -2.49. The van der Waals surface area contributed by atoms with Gasteiger partial charge in [0.25, 0.3) is 0 Å². The van der Waals surface area contributed by atoms with Crippen LogP contribution in [0.1, 0.15) is 52.4 Å². The number of fused-ring (bicyclic) bond motifs is 4. The molecule has 4 aliphatic rings. The molecule has 126 valence electrons. The summed E-state index contributed by atoms with van der Waals surface area (Å²) in [6, 6.07) is 2.20. The third-order valence-electron chi connectivity index (χ3n) is 7.28. The molecular formula is C21H25NO2. The van der Waals surface area contributed by atoms with E-state index < -0.39 is 5.60 Å². The van der Waals surface area contributed by atoms with Crippen molar-refractivity contribution in [3.05, 3.63) is 34.9 Å². The molecular weight excluding hydrogens is 298 g/mol. The van der Waals surface area contributed by atoms with Crippen LogP contribution in [0.25, 0.3) is 0 Å². The molecule has 4 aliphatic carbocycles. The van der Waals surface area contributed by atoms with E-state index in [0.29, 0.717) is 30.6 Å². The molecule has 0 saturated heterocycles. The van der Waals surface area contributed by atoms with Crippen LogP contribution in [0.15, 0.2) is 34.9 Å². The largest absolute Gasteiger partial charge is 0.388 e. The predicted octanol–water partition coefficient (Wildman–Crippen LogP) is 3.86. The SMILES string of the molecule is CC1C[C@@H]2C(=C3CCC(=O)C=C31)C=C[C@@]1(C)[C@H]2CC[C@@]1(O)CC#N. The van der Waals surface area contributed by atoms with Crippen molar-refractivity contribution in [2.24, 2.45) is 23.2 Å². The van der Waals surface area contributed by atoms with Gasteiger partial charge in [0.15, 0.2) is 5.78 Å². The highest BCUT2D eigenvalue weighted by Crippen LogP contribution is 2.62. The number of aliphatic hydroxyl groups is 1. The number of carbonyl (C=O) groups excluding carboxylic acids is 1. The van der Waals surface area contributed by atoms with Crippen molar-refractivity contribution in [1.82, 2.24) is 0 Å². The maximum Gasteiger partial charge on any atom is 0.156 e. The lowest BCUT2D eigenvalue weighted by Crippen LogP contribution is -2.47. The Morgan fingerprint density at radius 1 is 1.42 bits per heavy atom. The lowest BCUT2D eigenvalue weighted by atomic mass is 9.56. The van der Waals surface area contributed by atoms with E-state index in [1.165, 1.54) is 16.7 Å². The van der Waals surface area contributed by atoms with Crippen molar-refractivity contribution in [2.75, 3.05) is 0 Å². The van der Waals surface area contributed by atoms with Crippen LogP contribution in [0.2, 0.25) is 0 Å². The first-order valence-electron chi connectivity index (χ1n) is 9.16. The number of nitrogens with zero attached hydrogens (tertiary/aromatic N) is 1. The van der Waals surface area contributed by atoms with Crippen LogP contribution in [0, 0.1) is 34.5 Å². The number of hydrogen-bond acceptors (Lipinski definition) is 3. The minimum atomic E-state index is -0.902. The summed E-state index contributed by atoms with van der Waals surface area (Å²) in [5.74, 6) is 1.50. The zero-order chi connectivity index (χ0) is 17.1. The van der Waals surface area contributed by atoms with E-state index in [1.807, 2.05) is 6.08 Å². The molecule has 0 bridgehead atoms. The summed E-state index contributed by atoms with van der Waals surface area (Å²) in [5.41, 5.74) is 2.81. The van der Waals surface area contributed by atoms with E-state index in [-0.39, 0.29) is 17.6 Å². The number of allylic oxidation sites excluding steroid dienone is 5. The molecule has 3 nitrogen and oxygen atoms in total. The van der Waals surface area contributed by atoms with Gasteiger partial charge in [-0.2, -0.15) is 5.26 Å². The van der Waals surface area contributed by atoms with E-state index in [0.717, 1.165) is 19.3 Å². The Kier molecular flexibility index (Phi) is 3.41. The van der Waals surface area contributed by atoms with Crippen molar-refractivity contribution in [2.45, 2.75) is 58.0 Å². The highest BCUT2D eigenvalue weighted by molar-refractivity contribution is 5.93. The highest BCUT2D eigenvalue weighted by atomic mass is 16.3. The number of nitriles is 1. The van der Waals surface area contributed by atoms with Crippen molar-refractivity contribution in [3.8, 4) is 6.07 Å². The van der Waals surface area contributed by atoms with Crippen LogP contribution in [-0.4, -0.2) is 16.5 Å². The average Bonchev–Trinajstić information content (AvgIpc) is 2.80. The van der Waals surface area contributed by atoms with Crippen LogP contribution in [-0.2, 0) is 4.79 Å². The third kappa shape index (κ3) is 1.96. The minimum Gasteiger partial charge on any atom is -0.388 e. The van der Waals surface area contributed by atoms with Gasteiger partial charge >= 0.3 is 0 Å². The van der Waals surface area contributed by atoms with Crippen molar-refractivity contribution in [3.63, 3.8) is 0 Å². The van der Waals surface area contributed by atoms with Crippen LogP contribution in [0.5, 0.6) is 0 Å². The summed E-state index contributed by atoms with van der Waals surface area (Å²) in [4.78, 5) is 11.8. The Hall–Kier alpha value is -1.66. The average molecular weight is 323 g/mol. The van der Waals surface area contributed by atoms with Crippen LogP contribution in [0.4, 0.5) is 0 Å². The van der Waals surface area contributed by atoms with Gasteiger partial charge in [0.2, 0.25) is 0 Å². The molecule has 4 rings (SSSR count). The fraction of sp³-hybridized carbons (Fsp3) is 0.619. The van der Waals surface area contributed by atoms with Crippen LogP contribution in [0.3, 0.4) is 0 Å². The van der Waals surface area contributed by atoms with Crippen molar-refractivity contribution in [1.29, 1.82) is 5.26 Å². The molecule has 5 atom stereocenters. The first-order chi connectivity index (χ1) is 11.4. The molecule has 0 heterocycles. The Morgan fingerprint density at radius 2 is 2.21 bits per heavy atom. The topological polar surface area (TPSA) is 61.1 Å². The van der Waals surface area contributed by atoms with Gasteiger partial charge in [-0.15, -0.1) is 0 Å². The predicted molar refractivity (Wildman–Crippen MR) is 91.8 cm³/mol. The van der Waals surface area contributed by atoms with Crippen LogP contribution < -0.4 is 0 Å². The van der Waals surface area contributed by atoms with Gasteiger partial charge in [0.1, 0.15) is 0 Å². The number of rotatable bonds is 1. The van der Waals surface area contributed by atoms with E-state index in [9.17, 15) is 9.90 Å². The monoisotopic (exact) mass is 323 g/mol. The summed E-state index contributed by atoms with van der Waals surface area (Å²) in [6.45, 7) is 4.37. The second kappa shape index (κ2) is 5.17. The third-order valence-corrected chi connectivity index (χ3v) is 7.28. The van der Waals surface area contributed by atoms with E-state index in [2.05, 4.69) is 32.1 Å². The fourth-order valence-corrected chi connectivity index (χ4v) is 5.82. The molecule has 1 fully saturated rings. The second-order valence-corrected chi connectivity index (χ2v) is 8.37. The second-order valence-electron chi connectivity index (χ2n) is 8.37. The van der Waals surface area contributed by atoms with Gasteiger partial charge in [0, 0.05) is 11.8 Å². The molecule has 0 spiro atoms. The maximum atomic E-state index is 11.8. The Bertz CT molecular complexity index is 737. The summed E-state index contributed by atoms with van der Waals surface area (Å²) in [7, 11) is 0. The van der Waals surface area contributed by atoms with Crippen molar-refractivity contribution >= 4 is 5.78 Å². The Labute approximate surface area is 143 Å². The molecule has 1 unspecified atom stereocenters. The molecule has 0 aromatic heterocycles. The maximum absolute atomic E-state index is 11.8. The summed E-state index contributed by atoms with van der Waals surface area (Å²) in [5, 5.41) is 20.3. The molecule has 3 heteroatoms. The molecule has 1 N–H and O–H groups in total. The van der Waals surface area contributed by atoms with Gasteiger partial charge in [-0.3, -0.25) is 4.79 Å². The smallest absolute Gasteiger partial charge is 0.156 e. The molecule has 0 radical (unpaired) electrons. The van der Waals surface area contributed by atoms with Gasteiger partial charge in [-0.1, -0.05) is 26.0 Å². The van der Waals surface area contributed by atoms with E-state index in [4.69, 9.17) is 5.26 Å². The molecule has 1 saturated carbocycles. The van der Waals surface area contributed by atoms with Gasteiger partial charge in [-0.05, 0) is 66.2 Å². The molecule has 0 aliphatic heterocycles. The lowest BCUT2D eigenvalue weighted by molar-refractivity contribution is -0.114.